The van der Waals surface area contributed by atoms with E-state index in [-0.39, 0.29) is 18.1 Å². The van der Waals surface area contributed by atoms with Crippen LogP contribution in [0, 0.1) is 0 Å². The summed E-state index contributed by atoms with van der Waals surface area (Å²) in [7, 11) is 0. The number of carbonyl (C=O) groups is 1. The first-order chi connectivity index (χ1) is 11.7. The quantitative estimate of drug-likeness (QED) is 0.904. The Labute approximate surface area is 146 Å². The van der Waals surface area contributed by atoms with Crippen molar-refractivity contribution in [3.8, 4) is 5.75 Å². The summed E-state index contributed by atoms with van der Waals surface area (Å²) in [5.41, 5.74) is 2.38. The second-order valence-electron chi connectivity index (χ2n) is 6.50. The molecule has 126 valence electrons. The van der Waals surface area contributed by atoms with Gasteiger partial charge in [-0.25, -0.2) is 4.79 Å². The van der Waals surface area contributed by atoms with E-state index in [9.17, 15) is 4.79 Å². The summed E-state index contributed by atoms with van der Waals surface area (Å²) in [6, 6.07) is 10.7. The smallest absolute Gasteiger partial charge is 0.318 e. The van der Waals surface area contributed by atoms with Crippen molar-refractivity contribution in [2.45, 2.75) is 38.3 Å². The molecule has 2 aliphatic rings. The van der Waals surface area contributed by atoms with Gasteiger partial charge in [-0.2, -0.15) is 0 Å². The summed E-state index contributed by atoms with van der Waals surface area (Å²) < 4.78 is 5.56. The van der Waals surface area contributed by atoms with Crippen LogP contribution < -0.4 is 10.1 Å². The number of likely N-dealkylation sites (tertiary alicyclic amines) is 1. The highest BCUT2D eigenvalue weighted by molar-refractivity contribution is 7.10. The molecule has 4 rings (SSSR count). The molecule has 1 saturated heterocycles. The highest BCUT2D eigenvalue weighted by Crippen LogP contribution is 2.35. The molecular formula is C19H22N2O2S. The van der Waals surface area contributed by atoms with Gasteiger partial charge in [0.05, 0.1) is 18.7 Å². The lowest BCUT2D eigenvalue weighted by atomic mass is 10.0. The van der Waals surface area contributed by atoms with Crippen LogP contribution in [0.3, 0.4) is 0 Å². The van der Waals surface area contributed by atoms with Crippen LogP contribution in [0.4, 0.5) is 4.79 Å². The number of rotatable bonds is 3. The molecule has 0 saturated carbocycles. The van der Waals surface area contributed by atoms with Crippen molar-refractivity contribution >= 4 is 17.4 Å². The van der Waals surface area contributed by atoms with Crippen molar-refractivity contribution < 1.29 is 9.53 Å². The van der Waals surface area contributed by atoms with Gasteiger partial charge in [-0.05, 0) is 54.5 Å². The molecule has 24 heavy (non-hydrogen) atoms. The number of ether oxygens (including phenoxy) is 1. The molecule has 3 heterocycles. The van der Waals surface area contributed by atoms with Gasteiger partial charge in [0.15, 0.2) is 0 Å². The van der Waals surface area contributed by atoms with Crippen molar-refractivity contribution in [1.29, 1.82) is 0 Å². The van der Waals surface area contributed by atoms with Crippen molar-refractivity contribution in [3.63, 3.8) is 0 Å². The molecule has 1 N–H and O–H groups in total. The first-order valence-corrected chi connectivity index (χ1v) is 9.46. The number of hydrogen-bond donors (Lipinski definition) is 1. The molecule has 2 amide bonds. The molecule has 4 nitrogen and oxygen atoms in total. The monoisotopic (exact) mass is 342 g/mol. The molecular weight excluding hydrogens is 320 g/mol. The van der Waals surface area contributed by atoms with Crippen LogP contribution >= 0.6 is 11.3 Å². The molecule has 0 aliphatic carbocycles. The van der Waals surface area contributed by atoms with E-state index < -0.39 is 0 Å². The predicted molar refractivity (Wildman–Crippen MR) is 95.6 cm³/mol. The molecule has 2 atom stereocenters. The van der Waals surface area contributed by atoms with Crippen molar-refractivity contribution in [1.82, 2.24) is 10.2 Å². The number of carbonyl (C=O) groups excluding carboxylic acids is 1. The van der Waals surface area contributed by atoms with Gasteiger partial charge < -0.3 is 15.0 Å². The Balaban J connectivity index is 1.45. The molecule has 0 radical (unpaired) electrons. The number of amides is 2. The van der Waals surface area contributed by atoms with E-state index in [4.69, 9.17) is 4.74 Å². The molecule has 0 spiro atoms. The van der Waals surface area contributed by atoms with E-state index in [1.807, 2.05) is 17.9 Å². The Morgan fingerprint density at radius 2 is 2.33 bits per heavy atom. The van der Waals surface area contributed by atoms with Gasteiger partial charge in [-0.15, -0.1) is 11.3 Å². The fourth-order valence-electron chi connectivity index (χ4n) is 3.61. The molecule has 0 bridgehead atoms. The SMILES string of the molecule is C[C@@H](NC(=O)N1CCC[C@H]1c1cccs1)c1ccc2c(c1)CCO2. The fraction of sp³-hybridized carbons (Fsp3) is 0.421. The van der Waals surface area contributed by atoms with Crippen molar-refractivity contribution in [2.24, 2.45) is 0 Å². The molecule has 1 aromatic heterocycles. The zero-order valence-electron chi connectivity index (χ0n) is 13.8. The first kappa shape index (κ1) is 15.5. The normalized spacial score (nSPS) is 20.5. The Morgan fingerprint density at radius 1 is 1.42 bits per heavy atom. The van der Waals surface area contributed by atoms with E-state index in [2.05, 4.69) is 35.0 Å². The first-order valence-electron chi connectivity index (χ1n) is 8.58. The molecule has 1 fully saturated rings. The van der Waals surface area contributed by atoms with Crippen LogP contribution in [0.5, 0.6) is 5.75 Å². The number of urea groups is 1. The summed E-state index contributed by atoms with van der Waals surface area (Å²) in [6.45, 7) is 3.64. The van der Waals surface area contributed by atoms with Crippen LogP contribution in [-0.4, -0.2) is 24.1 Å². The Bertz CT molecular complexity index is 729. The fourth-order valence-corrected chi connectivity index (χ4v) is 4.49. The minimum atomic E-state index is -0.00649. The minimum Gasteiger partial charge on any atom is -0.493 e. The largest absolute Gasteiger partial charge is 0.493 e. The summed E-state index contributed by atoms with van der Waals surface area (Å²) >= 11 is 1.73. The van der Waals surface area contributed by atoms with Crippen LogP contribution in [0.25, 0.3) is 0 Å². The van der Waals surface area contributed by atoms with Crippen molar-refractivity contribution in [2.75, 3.05) is 13.2 Å². The Hall–Kier alpha value is -2.01. The molecule has 5 heteroatoms. The number of benzene rings is 1. The Morgan fingerprint density at radius 3 is 3.17 bits per heavy atom. The third kappa shape index (κ3) is 2.88. The zero-order chi connectivity index (χ0) is 16.5. The molecule has 2 aliphatic heterocycles. The number of nitrogens with zero attached hydrogens (tertiary/aromatic N) is 1. The number of thiophene rings is 1. The molecule has 1 aromatic carbocycles. The van der Waals surface area contributed by atoms with Crippen molar-refractivity contribution in [3.05, 3.63) is 51.7 Å². The van der Waals surface area contributed by atoms with E-state index in [1.54, 1.807) is 11.3 Å². The molecule has 0 unspecified atom stereocenters. The Kier molecular flexibility index (Phi) is 4.19. The lowest BCUT2D eigenvalue weighted by Gasteiger charge is -2.26. The number of fused-ring (bicyclic) bond motifs is 1. The van der Waals surface area contributed by atoms with Gasteiger partial charge in [0.2, 0.25) is 0 Å². The van der Waals surface area contributed by atoms with Crippen LogP contribution in [0.1, 0.15) is 47.9 Å². The summed E-state index contributed by atoms with van der Waals surface area (Å²) in [4.78, 5) is 16.0. The van der Waals surface area contributed by atoms with E-state index in [0.29, 0.717) is 0 Å². The lowest BCUT2D eigenvalue weighted by Crippen LogP contribution is -2.40. The maximum absolute atomic E-state index is 12.8. The van der Waals surface area contributed by atoms with E-state index >= 15 is 0 Å². The summed E-state index contributed by atoms with van der Waals surface area (Å²) in [5, 5.41) is 5.25. The average molecular weight is 342 g/mol. The number of hydrogen-bond acceptors (Lipinski definition) is 3. The molecule has 2 aromatic rings. The predicted octanol–water partition coefficient (Wildman–Crippen LogP) is 4.29. The third-order valence-corrected chi connectivity index (χ3v) is 5.91. The van der Waals surface area contributed by atoms with Gasteiger partial charge in [-0.1, -0.05) is 12.1 Å². The van der Waals surface area contributed by atoms with Gasteiger partial charge in [-0.3, -0.25) is 0 Å². The van der Waals surface area contributed by atoms with E-state index in [1.165, 1.54) is 10.4 Å². The van der Waals surface area contributed by atoms with Crippen LogP contribution in [-0.2, 0) is 6.42 Å². The average Bonchev–Trinajstić information content (AvgIpc) is 3.32. The van der Waals surface area contributed by atoms with Crippen LogP contribution in [0.15, 0.2) is 35.7 Å². The maximum atomic E-state index is 12.8. The zero-order valence-corrected chi connectivity index (χ0v) is 14.6. The lowest BCUT2D eigenvalue weighted by molar-refractivity contribution is 0.190. The van der Waals surface area contributed by atoms with E-state index in [0.717, 1.165) is 43.7 Å². The van der Waals surface area contributed by atoms with Crippen LogP contribution in [0.2, 0.25) is 0 Å². The second kappa shape index (κ2) is 6.48. The second-order valence-corrected chi connectivity index (χ2v) is 7.48. The highest BCUT2D eigenvalue weighted by atomic mass is 32.1. The highest BCUT2D eigenvalue weighted by Gasteiger charge is 2.31. The number of nitrogens with one attached hydrogen (secondary N) is 1. The van der Waals surface area contributed by atoms with Gasteiger partial charge in [0.1, 0.15) is 5.75 Å². The van der Waals surface area contributed by atoms with Gasteiger partial charge in [0.25, 0.3) is 0 Å². The maximum Gasteiger partial charge on any atom is 0.318 e. The topological polar surface area (TPSA) is 41.6 Å². The summed E-state index contributed by atoms with van der Waals surface area (Å²) in [6.07, 6.45) is 3.08. The van der Waals surface area contributed by atoms with Gasteiger partial charge >= 0.3 is 6.03 Å². The summed E-state index contributed by atoms with van der Waals surface area (Å²) in [5.74, 6) is 0.981. The standard InChI is InChI=1S/C19H22N2O2S/c1-13(14-6-7-17-15(12-14)8-10-23-17)20-19(22)21-9-2-4-16(21)18-5-3-11-24-18/h3,5-7,11-13,16H,2,4,8-10H2,1H3,(H,20,22)/t13-,16+/m1/s1. The minimum absolute atomic E-state index is 0.00649. The van der Waals surface area contributed by atoms with Gasteiger partial charge in [0, 0.05) is 17.8 Å². The third-order valence-electron chi connectivity index (χ3n) is 4.94.